The first kappa shape index (κ1) is 41.3. The lowest BCUT2D eigenvalue weighted by atomic mass is 9.48. The van der Waals surface area contributed by atoms with Gasteiger partial charge >= 0.3 is 0 Å². The first-order valence-electron chi connectivity index (χ1n) is 22.8. The minimum Gasteiger partial charge on any atom is -0.507 e. The highest BCUT2D eigenvalue weighted by atomic mass is 16.3. The van der Waals surface area contributed by atoms with Crippen molar-refractivity contribution in [2.45, 2.75) is 136 Å². The lowest BCUT2D eigenvalue weighted by molar-refractivity contribution is -0.00616. The SMILES string of the molecule is Cc1cc(/C=N/c2ccccc2N(C)Cc2cc(C(C)(C)C)cc(-n3c4ccc(C(C)(C)C)cc4c4cc(C(C)(C)C)ccc43)c2O)c(O)c(C23CC4CC(CC(C4)C2)C3)c1. The van der Waals surface area contributed by atoms with Crippen LogP contribution in [0.3, 0.4) is 0 Å². The number of hydrogen-bond donors (Lipinski definition) is 2. The molecule has 4 fully saturated rings. The average Bonchev–Trinajstić information content (AvgIpc) is 3.50. The third-order valence-corrected chi connectivity index (χ3v) is 14.7. The Labute approximate surface area is 364 Å². The Bertz CT molecular complexity index is 2600. The first-order chi connectivity index (χ1) is 28.7. The van der Waals surface area contributed by atoms with Gasteiger partial charge in [-0.25, -0.2) is 0 Å². The molecule has 10 rings (SSSR count). The molecule has 318 valence electrons. The molecule has 2 N–H and O–H groups in total. The van der Waals surface area contributed by atoms with Gasteiger partial charge in [-0.05, 0) is 162 Å². The molecule has 5 aromatic carbocycles. The molecule has 0 spiro atoms. The lowest BCUT2D eigenvalue weighted by Gasteiger charge is -2.57. The fraction of sp³-hybridized carbons (Fsp3) is 0.446. The van der Waals surface area contributed by atoms with Crippen LogP contribution in [0.1, 0.15) is 140 Å². The number of nitrogens with zero attached hydrogens (tertiary/aromatic N) is 3. The zero-order valence-electron chi connectivity index (χ0n) is 38.6. The van der Waals surface area contributed by atoms with Crippen LogP contribution in [0.15, 0.2) is 89.9 Å². The molecule has 0 radical (unpaired) electrons. The fourth-order valence-electron chi connectivity index (χ4n) is 11.7. The molecule has 0 amide bonds. The fourth-order valence-corrected chi connectivity index (χ4v) is 11.7. The molecule has 5 heteroatoms. The maximum Gasteiger partial charge on any atom is 0.144 e. The van der Waals surface area contributed by atoms with Crippen LogP contribution in [-0.2, 0) is 28.2 Å². The van der Waals surface area contributed by atoms with E-state index in [-0.39, 0.29) is 27.4 Å². The van der Waals surface area contributed by atoms with Crippen LogP contribution in [0.2, 0.25) is 0 Å². The van der Waals surface area contributed by atoms with Gasteiger partial charge in [0, 0.05) is 47.3 Å². The molecule has 0 saturated heterocycles. The van der Waals surface area contributed by atoms with Crippen molar-refractivity contribution in [2.24, 2.45) is 22.7 Å². The van der Waals surface area contributed by atoms with Crippen molar-refractivity contribution in [3.05, 3.63) is 124 Å². The molecular formula is C56H67N3O2. The van der Waals surface area contributed by atoms with Crippen LogP contribution < -0.4 is 4.90 Å². The third kappa shape index (κ3) is 7.44. The van der Waals surface area contributed by atoms with E-state index in [1.54, 1.807) is 0 Å². The van der Waals surface area contributed by atoms with E-state index in [0.29, 0.717) is 12.3 Å². The van der Waals surface area contributed by atoms with Crippen molar-refractivity contribution in [1.29, 1.82) is 0 Å². The topological polar surface area (TPSA) is 61.0 Å². The van der Waals surface area contributed by atoms with Gasteiger partial charge < -0.3 is 19.7 Å². The summed E-state index contributed by atoms with van der Waals surface area (Å²) >= 11 is 0. The second-order valence-corrected chi connectivity index (χ2v) is 22.6. The van der Waals surface area contributed by atoms with Crippen molar-refractivity contribution >= 4 is 39.4 Å². The third-order valence-electron chi connectivity index (χ3n) is 14.7. The van der Waals surface area contributed by atoms with Crippen LogP contribution in [0.4, 0.5) is 11.4 Å². The molecule has 1 aromatic heterocycles. The molecule has 4 aliphatic carbocycles. The maximum atomic E-state index is 12.5. The quantitative estimate of drug-likeness (QED) is 0.158. The molecule has 4 saturated carbocycles. The monoisotopic (exact) mass is 814 g/mol. The van der Waals surface area contributed by atoms with Crippen LogP contribution in [0, 0.1) is 24.7 Å². The van der Waals surface area contributed by atoms with Gasteiger partial charge in [-0.2, -0.15) is 0 Å². The standard InChI is InChI=1S/C56H67N3O2/c1-34-20-38(51(60)45(21-34)56-29-35-22-36(30-56)24-37(23-35)31-56)32-57-46-14-12-13-15-49(46)58(11)33-39-25-42(55(8,9)10)28-50(52(39)61)59-47-18-16-40(53(2,3)4)26-43(47)44-27-41(54(5,6)7)17-19-48(44)59/h12-21,25-28,32,35-37,60-61H,22-24,29-31,33H2,1-11H3/b57-32+. The van der Waals surface area contributed by atoms with Crippen molar-refractivity contribution in [2.75, 3.05) is 11.9 Å². The summed E-state index contributed by atoms with van der Waals surface area (Å²) in [5, 5.41) is 26.9. The number of phenols is 2. The van der Waals surface area contributed by atoms with E-state index in [2.05, 4.69) is 152 Å². The van der Waals surface area contributed by atoms with Gasteiger partial charge in [-0.3, -0.25) is 4.99 Å². The Morgan fingerprint density at radius 2 is 1.21 bits per heavy atom. The smallest absolute Gasteiger partial charge is 0.144 e. The molecule has 6 aromatic rings. The number of rotatable bonds is 7. The largest absolute Gasteiger partial charge is 0.507 e. The Morgan fingerprint density at radius 1 is 0.672 bits per heavy atom. The molecule has 4 bridgehead atoms. The number of benzene rings is 5. The molecule has 1 heterocycles. The van der Waals surface area contributed by atoms with E-state index in [4.69, 9.17) is 4.99 Å². The number of fused-ring (bicyclic) bond motifs is 3. The number of aromatic hydroxyl groups is 2. The van der Waals surface area contributed by atoms with Crippen molar-refractivity contribution in [1.82, 2.24) is 4.57 Å². The number of hydrogen-bond acceptors (Lipinski definition) is 4. The van der Waals surface area contributed by atoms with E-state index in [0.717, 1.165) is 68.1 Å². The van der Waals surface area contributed by atoms with E-state index in [9.17, 15) is 10.2 Å². The normalized spacial score (nSPS) is 21.7. The number of aryl methyl sites for hydroxylation is 1. The van der Waals surface area contributed by atoms with Gasteiger partial charge in [0.2, 0.25) is 0 Å². The Morgan fingerprint density at radius 3 is 1.75 bits per heavy atom. The van der Waals surface area contributed by atoms with Gasteiger partial charge in [-0.15, -0.1) is 0 Å². The van der Waals surface area contributed by atoms with Crippen LogP contribution in [0.25, 0.3) is 27.5 Å². The van der Waals surface area contributed by atoms with Gasteiger partial charge in [0.05, 0.1) is 28.1 Å². The molecule has 5 nitrogen and oxygen atoms in total. The second-order valence-electron chi connectivity index (χ2n) is 22.6. The highest BCUT2D eigenvalue weighted by Crippen LogP contribution is 2.62. The summed E-state index contributed by atoms with van der Waals surface area (Å²) in [5.41, 5.74) is 12.4. The van der Waals surface area contributed by atoms with Gasteiger partial charge in [0.25, 0.3) is 0 Å². The lowest BCUT2D eigenvalue weighted by Crippen LogP contribution is -2.48. The van der Waals surface area contributed by atoms with Crippen LogP contribution in [0.5, 0.6) is 11.5 Å². The maximum absolute atomic E-state index is 12.5. The summed E-state index contributed by atoms with van der Waals surface area (Å²) in [6, 6.07) is 30.6. The molecule has 0 unspecified atom stereocenters. The highest BCUT2D eigenvalue weighted by molar-refractivity contribution is 6.10. The zero-order chi connectivity index (χ0) is 43.4. The molecule has 4 aliphatic rings. The summed E-state index contributed by atoms with van der Waals surface area (Å²) in [5.74, 6) is 3.09. The Hall–Kier alpha value is -5.03. The summed E-state index contributed by atoms with van der Waals surface area (Å²) in [4.78, 5) is 7.28. The molecule has 0 atom stereocenters. The first-order valence-corrected chi connectivity index (χ1v) is 22.8. The van der Waals surface area contributed by atoms with Gasteiger partial charge in [-0.1, -0.05) is 92.6 Å². The second kappa shape index (κ2) is 14.5. The van der Waals surface area contributed by atoms with Crippen LogP contribution in [-0.4, -0.2) is 28.0 Å². The van der Waals surface area contributed by atoms with E-state index in [1.165, 1.54) is 66.0 Å². The summed E-state index contributed by atoms with van der Waals surface area (Å²) in [6.07, 6.45) is 9.62. The molecule has 61 heavy (non-hydrogen) atoms. The minimum atomic E-state index is -0.166. The van der Waals surface area contributed by atoms with E-state index in [1.807, 2.05) is 24.4 Å². The molecule has 0 aliphatic heterocycles. The number of phenolic OH excluding ortho intramolecular Hbond substituents is 2. The summed E-state index contributed by atoms with van der Waals surface area (Å²) in [7, 11) is 2.08. The summed E-state index contributed by atoms with van der Waals surface area (Å²) in [6.45, 7) is 23.0. The van der Waals surface area contributed by atoms with Gasteiger partial charge in [0.1, 0.15) is 11.5 Å². The summed E-state index contributed by atoms with van der Waals surface area (Å²) < 4.78 is 2.28. The number of aliphatic imine (C=N–C) groups is 1. The number of aromatic nitrogens is 1. The minimum absolute atomic E-state index is 0.00588. The Balaban J connectivity index is 1.10. The Kier molecular flexibility index (Phi) is 9.85. The van der Waals surface area contributed by atoms with Crippen molar-refractivity contribution < 1.29 is 10.2 Å². The molecular weight excluding hydrogens is 747 g/mol. The van der Waals surface area contributed by atoms with Crippen LogP contribution >= 0.6 is 0 Å². The zero-order valence-corrected chi connectivity index (χ0v) is 38.6. The van der Waals surface area contributed by atoms with Crippen molar-refractivity contribution in [3.8, 4) is 17.2 Å². The average molecular weight is 814 g/mol. The highest BCUT2D eigenvalue weighted by Gasteiger charge is 2.52. The van der Waals surface area contributed by atoms with Gasteiger partial charge in [0.15, 0.2) is 0 Å². The van der Waals surface area contributed by atoms with E-state index >= 15 is 0 Å². The predicted molar refractivity (Wildman–Crippen MR) is 257 cm³/mol. The van der Waals surface area contributed by atoms with Crippen molar-refractivity contribution in [3.63, 3.8) is 0 Å². The number of para-hydroxylation sites is 2. The predicted octanol–water partition coefficient (Wildman–Crippen LogP) is 14.3. The number of anilines is 1. The van der Waals surface area contributed by atoms with E-state index < -0.39 is 0 Å².